The van der Waals surface area contributed by atoms with E-state index >= 15 is 0 Å². The van der Waals surface area contributed by atoms with Gasteiger partial charge in [-0.3, -0.25) is 9.89 Å². The molecular formula is C14H12FN3OS. The van der Waals surface area contributed by atoms with Gasteiger partial charge in [-0.2, -0.15) is 5.10 Å². The lowest BCUT2D eigenvalue weighted by Crippen LogP contribution is -2.11. The zero-order chi connectivity index (χ0) is 14.3. The fourth-order valence-corrected chi connectivity index (χ4v) is 2.97. The van der Waals surface area contributed by atoms with Crippen molar-refractivity contribution in [3.05, 3.63) is 46.3 Å². The van der Waals surface area contributed by atoms with Crippen molar-refractivity contribution < 1.29 is 9.18 Å². The van der Waals surface area contributed by atoms with Crippen LogP contribution in [-0.2, 0) is 0 Å². The molecule has 0 aliphatic heterocycles. The van der Waals surface area contributed by atoms with Crippen LogP contribution in [0.15, 0.2) is 24.3 Å². The number of H-pyrrole nitrogens is 1. The van der Waals surface area contributed by atoms with Crippen molar-refractivity contribution in [2.24, 2.45) is 0 Å². The average Bonchev–Trinajstić information content (AvgIpc) is 2.96. The van der Waals surface area contributed by atoms with Gasteiger partial charge in [0.2, 0.25) is 0 Å². The van der Waals surface area contributed by atoms with Crippen molar-refractivity contribution in [1.82, 2.24) is 10.2 Å². The molecule has 0 bridgehead atoms. The van der Waals surface area contributed by atoms with E-state index in [1.807, 2.05) is 13.8 Å². The Morgan fingerprint density at radius 2 is 2.15 bits per heavy atom. The first kappa shape index (κ1) is 12.8. The molecule has 20 heavy (non-hydrogen) atoms. The molecule has 0 saturated heterocycles. The molecule has 0 atom stereocenters. The summed E-state index contributed by atoms with van der Waals surface area (Å²) in [6, 6.07) is 6.20. The second-order valence-electron chi connectivity index (χ2n) is 4.56. The van der Waals surface area contributed by atoms with E-state index in [0.29, 0.717) is 10.6 Å². The van der Waals surface area contributed by atoms with Gasteiger partial charge in [-0.15, -0.1) is 11.3 Å². The molecule has 0 radical (unpaired) electrons. The van der Waals surface area contributed by atoms with Gasteiger partial charge in [-0.1, -0.05) is 0 Å². The number of amides is 1. The van der Waals surface area contributed by atoms with E-state index in [2.05, 4.69) is 15.5 Å². The maximum absolute atomic E-state index is 13.1. The summed E-state index contributed by atoms with van der Waals surface area (Å²) in [5.74, 6) is -0.511. The Bertz CT molecular complexity index is 786. The molecule has 0 aliphatic rings. The number of benzene rings is 1. The van der Waals surface area contributed by atoms with Gasteiger partial charge in [0, 0.05) is 4.70 Å². The standard InChI is InChI=1S/C14H12FN3OS/c1-7-13(8(2)18-17-7)16-14(19)12-6-9-5-10(15)3-4-11(9)20-12/h3-6H,1-2H3,(H,16,19)(H,17,18). The summed E-state index contributed by atoms with van der Waals surface area (Å²) in [4.78, 5) is 12.8. The zero-order valence-electron chi connectivity index (χ0n) is 11.0. The van der Waals surface area contributed by atoms with Crippen molar-refractivity contribution in [2.75, 3.05) is 5.32 Å². The lowest BCUT2D eigenvalue weighted by Gasteiger charge is -2.02. The number of hydrogen-bond donors (Lipinski definition) is 2. The molecule has 3 aromatic rings. The molecule has 0 spiro atoms. The number of aromatic amines is 1. The van der Waals surface area contributed by atoms with Gasteiger partial charge in [-0.25, -0.2) is 4.39 Å². The minimum absolute atomic E-state index is 0.209. The summed E-state index contributed by atoms with van der Waals surface area (Å²) in [5, 5.41) is 10.4. The second kappa shape index (κ2) is 4.72. The molecule has 0 fully saturated rings. The highest BCUT2D eigenvalue weighted by molar-refractivity contribution is 7.20. The van der Waals surface area contributed by atoms with E-state index in [1.54, 1.807) is 12.1 Å². The summed E-state index contributed by atoms with van der Waals surface area (Å²) in [7, 11) is 0. The Balaban J connectivity index is 1.93. The van der Waals surface area contributed by atoms with Gasteiger partial charge in [-0.05, 0) is 43.5 Å². The highest BCUT2D eigenvalue weighted by Gasteiger charge is 2.14. The first-order chi connectivity index (χ1) is 9.54. The highest BCUT2D eigenvalue weighted by atomic mass is 32.1. The normalized spacial score (nSPS) is 10.9. The quantitative estimate of drug-likeness (QED) is 0.757. The van der Waals surface area contributed by atoms with Gasteiger partial charge in [0.25, 0.3) is 5.91 Å². The van der Waals surface area contributed by atoms with Crippen molar-refractivity contribution in [3.8, 4) is 0 Å². The van der Waals surface area contributed by atoms with Crippen LogP contribution in [0.4, 0.5) is 10.1 Å². The number of halogens is 1. The molecule has 0 aliphatic carbocycles. The molecule has 1 aromatic carbocycles. The number of nitrogens with one attached hydrogen (secondary N) is 2. The topological polar surface area (TPSA) is 57.8 Å². The number of aromatic nitrogens is 2. The number of rotatable bonds is 2. The first-order valence-electron chi connectivity index (χ1n) is 6.06. The van der Waals surface area contributed by atoms with E-state index in [4.69, 9.17) is 0 Å². The van der Waals surface area contributed by atoms with Crippen molar-refractivity contribution in [2.45, 2.75) is 13.8 Å². The third-order valence-electron chi connectivity index (χ3n) is 3.07. The molecule has 2 N–H and O–H groups in total. The van der Waals surface area contributed by atoms with Gasteiger partial charge in [0.15, 0.2) is 0 Å². The Morgan fingerprint density at radius 3 is 2.85 bits per heavy atom. The Hall–Kier alpha value is -2.21. The molecule has 0 unspecified atom stereocenters. The summed E-state index contributed by atoms with van der Waals surface area (Å²) in [6.45, 7) is 3.66. The van der Waals surface area contributed by atoms with Gasteiger partial charge < -0.3 is 5.32 Å². The van der Waals surface area contributed by atoms with Crippen LogP contribution in [0.2, 0.25) is 0 Å². The molecule has 4 nitrogen and oxygen atoms in total. The van der Waals surface area contributed by atoms with Gasteiger partial charge >= 0.3 is 0 Å². The van der Waals surface area contributed by atoms with Crippen molar-refractivity contribution >= 4 is 33.0 Å². The molecule has 102 valence electrons. The van der Waals surface area contributed by atoms with Crippen LogP contribution in [0.5, 0.6) is 0 Å². The van der Waals surface area contributed by atoms with Crippen LogP contribution in [0.3, 0.4) is 0 Å². The minimum atomic E-state index is -0.302. The highest BCUT2D eigenvalue weighted by Crippen LogP contribution is 2.27. The van der Waals surface area contributed by atoms with Crippen LogP contribution < -0.4 is 5.32 Å². The summed E-state index contributed by atoms with van der Waals surface area (Å²) < 4.78 is 14.0. The monoisotopic (exact) mass is 289 g/mol. The maximum atomic E-state index is 13.1. The number of carbonyl (C=O) groups excluding carboxylic acids is 1. The Morgan fingerprint density at radius 1 is 1.35 bits per heavy atom. The Kier molecular flexibility index (Phi) is 3.02. The van der Waals surface area contributed by atoms with Crippen LogP contribution in [0, 0.1) is 19.7 Å². The number of hydrogen-bond acceptors (Lipinski definition) is 3. The molecule has 1 amide bonds. The van der Waals surface area contributed by atoms with E-state index in [1.165, 1.54) is 23.5 Å². The van der Waals surface area contributed by atoms with Crippen LogP contribution in [0.1, 0.15) is 21.1 Å². The Labute approximate surface area is 118 Å². The molecule has 6 heteroatoms. The van der Waals surface area contributed by atoms with Crippen molar-refractivity contribution in [1.29, 1.82) is 0 Å². The number of thiophene rings is 1. The number of nitrogens with zero attached hydrogens (tertiary/aromatic N) is 1. The van der Waals surface area contributed by atoms with E-state index in [9.17, 15) is 9.18 Å². The summed E-state index contributed by atoms with van der Waals surface area (Å²) in [6.07, 6.45) is 0. The summed E-state index contributed by atoms with van der Waals surface area (Å²) in [5.41, 5.74) is 2.24. The van der Waals surface area contributed by atoms with E-state index < -0.39 is 0 Å². The average molecular weight is 289 g/mol. The van der Waals surface area contributed by atoms with Crippen LogP contribution in [0.25, 0.3) is 10.1 Å². The third-order valence-corrected chi connectivity index (χ3v) is 4.18. The molecule has 0 saturated carbocycles. The lowest BCUT2D eigenvalue weighted by atomic mass is 10.2. The van der Waals surface area contributed by atoms with E-state index in [0.717, 1.165) is 21.5 Å². The van der Waals surface area contributed by atoms with Crippen LogP contribution >= 0.6 is 11.3 Å². The first-order valence-corrected chi connectivity index (χ1v) is 6.88. The summed E-state index contributed by atoms with van der Waals surface area (Å²) >= 11 is 1.34. The van der Waals surface area contributed by atoms with Crippen molar-refractivity contribution in [3.63, 3.8) is 0 Å². The maximum Gasteiger partial charge on any atom is 0.265 e. The van der Waals surface area contributed by atoms with Crippen LogP contribution in [-0.4, -0.2) is 16.1 Å². The predicted octanol–water partition coefficient (Wildman–Crippen LogP) is 3.63. The SMILES string of the molecule is Cc1n[nH]c(C)c1NC(=O)c1cc2cc(F)ccc2s1. The number of fused-ring (bicyclic) bond motifs is 1. The van der Waals surface area contributed by atoms with Gasteiger partial charge in [0.05, 0.1) is 22.0 Å². The zero-order valence-corrected chi connectivity index (χ0v) is 11.8. The molecule has 2 aromatic heterocycles. The molecule has 3 rings (SSSR count). The number of aryl methyl sites for hydroxylation is 2. The predicted molar refractivity (Wildman–Crippen MR) is 77.8 cm³/mol. The largest absolute Gasteiger partial charge is 0.318 e. The molecular weight excluding hydrogens is 277 g/mol. The fourth-order valence-electron chi connectivity index (χ4n) is 2.04. The number of carbonyl (C=O) groups is 1. The smallest absolute Gasteiger partial charge is 0.265 e. The fraction of sp³-hybridized carbons (Fsp3) is 0.143. The van der Waals surface area contributed by atoms with E-state index in [-0.39, 0.29) is 11.7 Å². The number of anilines is 1. The minimum Gasteiger partial charge on any atom is -0.318 e. The van der Waals surface area contributed by atoms with Gasteiger partial charge in [0.1, 0.15) is 5.82 Å². The molecule has 2 heterocycles. The second-order valence-corrected chi connectivity index (χ2v) is 5.64. The lowest BCUT2D eigenvalue weighted by molar-refractivity contribution is 0.103. The third kappa shape index (κ3) is 2.18.